The summed E-state index contributed by atoms with van der Waals surface area (Å²) in [5.74, 6) is 0.0509. The zero-order chi connectivity index (χ0) is 14.6. The van der Waals surface area contributed by atoms with Crippen molar-refractivity contribution in [3.63, 3.8) is 0 Å². The van der Waals surface area contributed by atoms with Gasteiger partial charge in [-0.15, -0.1) is 0 Å². The lowest BCUT2D eigenvalue weighted by Crippen LogP contribution is -2.36. The first-order valence-corrected chi connectivity index (χ1v) is 7.43. The Morgan fingerprint density at radius 2 is 1.80 bits per heavy atom. The Morgan fingerprint density at radius 1 is 1.15 bits per heavy atom. The van der Waals surface area contributed by atoms with Gasteiger partial charge >= 0.3 is 10.5 Å². The molecule has 1 N–H and O–H groups in total. The van der Waals surface area contributed by atoms with Crippen molar-refractivity contribution in [1.29, 1.82) is 0 Å². The predicted octanol–water partition coefficient (Wildman–Crippen LogP) is 1.33. The number of benzene rings is 1. The van der Waals surface area contributed by atoms with E-state index in [9.17, 15) is 17.1 Å². The molecule has 0 radical (unpaired) electrons. The highest BCUT2D eigenvalue weighted by molar-refractivity contribution is 7.81. The topological polar surface area (TPSA) is 81.7 Å². The number of nitrogens with one attached hydrogen (secondary N) is 1. The van der Waals surface area contributed by atoms with Crippen molar-refractivity contribution >= 4 is 16.4 Å². The van der Waals surface area contributed by atoms with Crippen LogP contribution in [-0.4, -0.2) is 27.0 Å². The van der Waals surface area contributed by atoms with E-state index in [-0.39, 0.29) is 11.7 Å². The third-order valence-corrected chi connectivity index (χ3v) is 3.17. The van der Waals surface area contributed by atoms with Crippen LogP contribution in [0, 0.1) is 0 Å². The molecule has 2 rings (SSSR count). The van der Waals surface area contributed by atoms with E-state index in [0.717, 1.165) is 12.8 Å². The van der Waals surface area contributed by atoms with Gasteiger partial charge in [0.2, 0.25) is 0 Å². The van der Waals surface area contributed by atoms with Crippen LogP contribution in [0.3, 0.4) is 0 Å². The summed E-state index contributed by atoms with van der Waals surface area (Å²) in [5, 5.41) is 2.74. The molecule has 0 saturated carbocycles. The van der Waals surface area contributed by atoms with Crippen LogP contribution < -0.4 is 14.2 Å². The average Bonchev–Trinajstić information content (AvgIpc) is 2.56. The number of rotatable bonds is 4. The minimum Gasteiger partial charge on any atom is -0.481 e. The van der Waals surface area contributed by atoms with Crippen LogP contribution in [0.5, 0.6) is 11.5 Å². The number of carbonyl (C=O) groups excluding carboxylic acids is 1. The molecule has 1 heterocycles. The monoisotopic (exact) mass is 303 g/mol. The summed E-state index contributed by atoms with van der Waals surface area (Å²) in [6.07, 6.45) is 1.83. The van der Waals surface area contributed by atoms with E-state index in [4.69, 9.17) is 4.74 Å². The summed E-state index contributed by atoms with van der Waals surface area (Å²) in [6, 6.07) is 5.33. The molecule has 8 heteroatoms. The summed E-state index contributed by atoms with van der Waals surface area (Å²) >= 11 is 0. The molecule has 1 unspecified atom stereocenters. The maximum Gasteiger partial charge on any atom is 0.488 e. The summed E-state index contributed by atoms with van der Waals surface area (Å²) in [7, 11) is -5.04. The molecule has 110 valence electrons. The molecule has 0 aliphatic carbocycles. The first-order valence-electron chi connectivity index (χ1n) is 6.12. The zero-order valence-corrected chi connectivity index (χ0v) is 11.4. The fourth-order valence-electron chi connectivity index (χ4n) is 1.88. The van der Waals surface area contributed by atoms with Crippen molar-refractivity contribution in [1.82, 2.24) is 5.32 Å². The molecule has 20 heavy (non-hydrogen) atoms. The van der Waals surface area contributed by atoms with Crippen LogP contribution in [0.4, 0.5) is 3.89 Å². The minimum absolute atomic E-state index is 0.162. The van der Waals surface area contributed by atoms with Crippen molar-refractivity contribution in [2.75, 3.05) is 6.54 Å². The summed E-state index contributed by atoms with van der Waals surface area (Å²) < 4.78 is 42.5. The number of halogens is 1. The Balaban J connectivity index is 2.01. The third kappa shape index (κ3) is 4.37. The average molecular weight is 303 g/mol. The molecule has 1 fully saturated rings. The highest BCUT2D eigenvalue weighted by Gasteiger charge is 2.22. The Labute approximate surface area is 116 Å². The Bertz CT molecular complexity index is 572. The van der Waals surface area contributed by atoms with Crippen molar-refractivity contribution in [3.8, 4) is 11.5 Å². The lowest BCUT2D eigenvalue weighted by Gasteiger charge is -2.15. The smallest absolute Gasteiger partial charge is 0.481 e. The highest BCUT2D eigenvalue weighted by atomic mass is 32.3. The Hall–Kier alpha value is -1.83. The number of hydrogen-bond donors (Lipinski definition) is 1. The van der Waals surface area contributed by atoms with E-state index in [2.05, 4.69) is 9.50 Å². The van der Waals surface area contributed by atoms with Gasteiger partial charge < -0.3 is 14.2 Å². The lowest BCUT2D eigenvalue weighted by molar-refractivity contribution is -0.127. The summed E-state index contributed by atoms with van der Waals surface area (Å²) in [4.78, 5) is 11.7. The van der Waals surface area contributed by atoms with E-state index < -0.39 is 16.6 Å². The van der Waals surface area contributed by atoms with E-state index >= 15 is 0 Å². The van der Waals surface area contributed by atoms with Gasteiger partial charge in [0.15, 0.2) is 6.10 Å². The van der Waals surface area contributed by atoms with Gasteiger partial charge in [0.25, 0.3) is 5.91 Å². The van der Waals surface area contributed by atoms with Crippen LogP contribution in [0.25, 0.3) is 0 Å². The molecule has 1 aliphatic rings. The predicted molar refractivity (Wildman–Crippen MR) is 68.4 cm³/mol. The van der Waals surface area contributed by atoms with Gasteiger partial charge in [-0.3, -0.25) is 4.79 Å². The second-order valence-electron chi connectivity index (χ2n) is 4.34. The summed E-state index contributed by atoms with van der Waals surface area (Å²) in [6.45, 7) is 0.639. The van der Waals surface area contributed by atoms with E-state index in [1.165, 1.54) is 24.3 Å². The molecule has 0 aromatic heterocycles. The molecule has 1 atom stereocenters. The summed E-state index contributed by atoms with van der Waals surface area (Å²) in [5.41, 5.74) is 0. The lowest BCUT2D eigenvalue weighted by atomic mass is 10.2. The van der Waals surface area contributed by atoms with Gasteiger partial charge in [-0.25, -0.2) is 0 Å². The number of amides is 1. The van der Waals surface area contributed by atoms with Gasteiger partial charge in [-0.2, -0.15) is 8.42 Å². The molecule has 6 nitrogen and oxygen atoms in total. The van der Waals surface area contributed by atoms with Crippen LogP contribution in [-0.2, 0) is 15.3 Å². The maximum atomic E-state index is 12.3. The van der Waals surface area contributed by atoms with Crippen molar-refractivity contribution in [3.05, 3.63) is 24.3 Å². The van der Waals surface area contributed by atoms with Gasteiger partial charge in [0, 0.05) is 6.54 Å². The fraction of sp³-hybridized carbons (Fsp3) is 0.417. The molecule has 1 saturated heterocycles. The van der Waals surface area contributed by atoms with Gasteiger partial charge in [-0.05, 0) is 43.5 Å². The maximum absolute atomic E-state index is 12.3. The van der Waals surface area contributed by atoms with Crippen molar-refractivity contribution in [2.24, 2.45) is 0 Å². The molecule has 1 aromatic rings. The van der Waals surface area contributed by atoms with Crippen LogP contribution >= 0.6 is 0 Å². The van der Waals surface area contributed by atoms with Gasteiger partial charge in [0.05, 0.1) is 0 Å². The quantitative estimate of drug-likeness (QED) is 0.849. The van der Waals surface area contributed by atoms with Crippen LogP contribution in [0.2, 0.25) is 0 Å². The molecule has 1 aliphatic heterocycles. The first kappa shape index (κ1) is 14.6. The van der Waals surface area contributed by atoms with Gasteiger partial charge in [0.1, 0.15) is 11.5 Å². The molecule has 1 amide bonds. The number of ether oxygens (including phenoxy) is 1. The second-order valence-corrected chi connectivity index (χ2v) is 5.29. The van der Waals surface area contributed by atoms with Crippen molar-refractivity contribution in [2.45, 2.75) is 25.4 Å². The minimum atomic E-state index is -5.04. The zero-order valence-electron chi connectivity index (χ0n) is 10.5. The van der Waals surface area contributed by atoms with Gasteiger partial charge in [-0.1, -0.05) is 3.89 Å². The largest absolute Gasteiger partial charge is 0.488 e. The van der Waals surface area contributed by atoms with E-state index in [0.29, 0.717) is 18.7 Å². The van der Waals surface area contributed by atoms with Crippen LogP contribution in [0.1, 0.15) is 19.3 Å². The number of hydrogen-bond acceptors (Lipinski definition) is 5. The second kappa shape index (κ2) is 6.08. The molecular weight excluding hydrogens is 289 g/mol. The molecule has 1 aromatic carbocycles. The van der Waals surface area contributed by atoms with E-state index in [1.807, 2.05) is 0 Å². The highest BCUT2D eigenvalue weighted by Crippen LogP contribution is 2.21. The third-order valence-electron chi connectivity index (χ3n) is 2.78. The number of carbonyl (C=O) groups is 1. The fourth-order valence-corrected chi connectivity index (χ4v) is 2.22. The normalized spacial score (nSPS) is 19.9. The Kier molecular flexibility index (Phi) is 4.43. The molecule has 0 bridgehead atoms. The first-order chi connectivity index (χ1) is 9.44. The Morgan fingerprint density at radius 3 is 2.45 bits per heavy atom. The van der Waals surface area contributed by atoms with E-state index in [1.54, 1.807) is 0 Å². The molecule has 0 spiro atoms. The molecular formula is C12H14FNO5S. The SMILES string of the molecule is O=C1NCCCCC1Oc1ccc(OS(=O)(=O)F)cc1. The van der Waals surface area contributed by atoms with Crippen LogP contribution in [0.15, 0.2) is 24.3 Å². The standard InChI is InChI=1S/C12H14FNO5S/c13-20(16,17)19-10-6-4-9(5-7-10)18-11-3-1-2-8-14-12(11)15/h4-7,11H,1-3,8H2,(H,14,15). The van der Waals surface area contributed by atoms with Crippen molar-refractivity contribution < 1.29 is 26.0 Å².